The number of benzene rings is 4. The van der Waals surface area contributed by atoms with Gasteiger partial charge in [0, 0.05) is 24.1 Å². The second kappa shape index (κ2) is 23.8. The van der Waals surface area contributed by atoms with Gasteiger partial charge < -0.3 is 42.6 Å². The molecule has 1 atom stereocenters. The standard InChI is InChI=1S/C48H46O14/c1-4-44(49)55-25-6-8-27-57-47(52)61-36-15-10-34(11-16-36)14-23-46(51)60-39-20-22-41-40-21-19-38(30-42(40)33(3)43(41)31-39)59-32-54-29-24-35-12-17-37(18-13-35)62-48(53)58-28-9-7-26-56-45(50)5-2/h4-5,10-24,29-31,33H,1-2,6-9,25-28,32H2,3H3. The lowest BCUT2D eigenvalue weighted by Gasteiger charge is -2.10. The van der Waals surface area contributed by atoms with E-state index < -0.39 is 30.2 Å². The lowest BCUT2D eigenvalue weighted by atomic mass is 9.99. The fourth-order valence-electron chi connectivity index (χ4n) is 5.92. The maximum absolute atomic E-state index is 12.7. The molecule has 14 heteroatoms. The Bertz CT molecular complexity index is 2260. The van der Waals surface area contributed by atoms with Crippen molar-refractivity contribution in [1.29, 1.82) is 0 Å². The van der Waals surface area contributed by atoms with E-state index in [0.29, 0.717) is 48.5 Å². The van der Waals surface area contributed by atoms with Gasteiger partial charge in [-0.15, -0.1) is 0 Å². The molecule has 0 radical (unpaired) electrons. The average Bonchev–Trinajstić information content (AvgIpc) is 3.55. The van der Waals surface area contributed by atoms with Crippen LogP contribution in [0.25, 0.3) is 23.3 Å². The van der Waals surface area contributed by atoms with Crippen LogP contribution in [-0.2, 0) is 38.1 Å². The number of unbranched alkanes of at least 4 members (excludes halogenated alkanes) is 2. The first kappa shape index (κ1) is 45.5. The highest BCUT2D eigenvalue weighted by Crippen LogP contribution is 2.47. The number of carbonyl (C=O) groups is 5. The molecular formula is C48H46O14. The Morgan fingerprint density at radius 3 is 1.50 bits per heavy atom. The van der Waals surface area contributed by atoms with Crippen molar-refractivity contribution in [2.45, 2.75) is 38.5 Å². The summed E-state index contributed by atoms with van der Waals surface area (Å²) in [5.74, 6) is 0.0992. The van der Waals surface area contributed by atoms with Gasteiger partial charge in [-0.3, -0.25) is 0 Å². The van der Waals surface area contributed by atoms with Gasteiger partial charge in [-0.2, -0.15) is 0 Å². The van der Waals surface area contributed by atoms with Gasteiger partial charge in [0.15, 0.2) is 0 Å². The third-order valence-electron chi connectivity index (χ3n) is 9.05. The Labute approximate surface area is 358 Å². The van der Waals surface area contributed by atoms with Crippen molar-refractivity contribution in [2.24, 2.45) is 0 Å². The summed E-state index contributed by atoms with van der Waals surface area (Å²) in [7, 11) is 0. The molecule has 0 bridgehead atoms. The number of hydrogen-bond donors (Lipinski definition) is 0. The fraction of sp³-hybridized carbons (Fsp3) is 0.229. The summed E-state index contributed by atoms with van der Waals surface area (Å²) in [5.41, 5.74) is 5.68. The van der Waals surface area contributed by atoms with Crippen LogP contribution in [0.2, 0.25) is 0 Å². The van der Waals surface area contributed by atoms with Gasteiger partial charge in [0.25, 0.3) is 0 Å². The normalized spacial score (nSPS) is 12.4. The number of rotatable bonds is 22. The minimum Gasteiger partial charge on any atom is -0.465 e. The van der Waals surface area contributed by atoms with E-state index in [2.05, 4.69) is 20.1 Å². The number of fused-ring (bicyclic) bond motifs is 3. The molecule has 322 valence electrons. The largest absolute Gasteiger partial charge is 0.513 e. The van der Waals surface area contributed by atoms with Crippen LogP contribution in [0.15, 0.2) is 123 Å². The highest BCUT2D eigenvalue weighted by atomic mass is 16.7. The van der Waals surface area contributed by atoms with Crippen molar-refractivity contribution in [3.8, 4) is 34.1 Å². The Hall–Kier alpha value is -7.61. The molecular weight excluding hydrogens is 801 g/mol. The smallest absolute Gasteiger partial charge is 0.465 e. The van der Waals surface area contributed by atoms with Crippen LogP contribution in [-0.4, -0.2) is 63.4 Å². The van der Waals surface area contributed by atoms with Crippen LogP contribution in [0.3, 0.4) is 0 Å². The molecule has 0 heterocycles. The molecule has 0 aromatic heterocycles. The van der Waals surface area contributed by atoms with Gasteiger partial charge in [0.2, 0.25) is 6.79 Å². The molecule has 0 N–H and O–H groups in total. The van der Waals surface area contributed by atoms with Crippen LogP contribution in [0.5, 0.6) is 23.0 Å². The molecule has 0 fully saturated rings. The van der Waals surface area contributed by atoms with Crippen LogP contribution >= 0.6 is 0 Å². The minimum absolute atomic E-state index is 0.0138. The maximum Gasteiger partial charge on any atom is 0.513 e. The predicted octanol–water partition coefficient (Wildman–Crippen LogP) is 9.51. The van der Waals surface area contributed by atoms with E-state index in [1.54, 1.807) is 66.7 Å². The summed E-state index contributed by atoms with van der Waals surface area (Å²) in [5, 5.41) is 0. The second-order valence-electron chi connectivity index (χ2n) is 13.4. The summed E-state index contributed by atoms with van der Waals surface area (Å²) < 4.78 is 47.2. The molecule has 62 heavy (non-hydrogen) atoms. The zero-order valence-corrected chi connectivity index (χ0v) is 34.1. The molecule has 1 aliphatic carbocycles. The third kappa shape index (κ3) is 14.6. The summed E-state index contributed by atoms with van der Waals surface area (Å²) in [6, 6.07) is 24.7. The Balaban J connectivity index is 1.00. The van der Waals surface area contributed by atoms with Crippen LogP contribution in [0.1, 0.15) is 60.8 Å². The molecule has 0 saturated heterocycles. The van der Waals surface area contributed by atoms with E-state index in [4.69, 9.17) is 42.6 Å². The van der Waals surface area contributed by atoms with E-state index in [1.165, 1.54) is 12.3 Å². The first-order valence-electron chi connectivity index (χ1n) is 19.7. The molecule has 0 saturated carbocycles. The van der Waals surface area contributed by atoms with Crippen LogP contribution in [0, 0.1) is 0 Å². The molecule has 5 rings (SSSR count). The Morgan fingerprint density at radius 2 is 0.984 bits per heavy atom. The van der Waals surface area contributed by atoms with Gasteiger partial charge in [0.1, 0.15) is 23.0 Å². The van der Waals surface area contributed by atoms with Crippen LogP contribution < -0.4 is 18.9 Å². The van der Waals surface area contributed by atoms with Gasteiger partial charge in [-0.1, -0.05) is 56.5 Å². The first-order chi connectivity index (χ1) is 30.1. The summed E-state index contributed by atoms with van der Waals surface area (Å²) in [6.07, 6.45) is 8.71. The topological polar surface area (TPSA) is 168 Å². The van der Waals surface area contributed by atoms with E-state index in [0.717, 1.165) is 40.0 Å². The van der Waals surface area contributed by atoms with Crippen molar-refractivity contribution in [3.63, 3.8) is 0 Å². The lowest BCUT2D eigenvalue weighted by Crippen LogP contribution is -2.12. The van der Waals surface area contributed by atoms with Crippen LogP contribution in [0.4, 0.5) is 9.59 Å². The van der Waals surface area contributed by atoms with E-state index in [1.807, 2.05) is 30.3 Å². The highest BCUT2D eigenvalue weighted by molar-refractivity contribution is 5.89. The molecule has 0 amide bonds. The SMILES string of the molecule is C=CC(=O)OCCCCOC(=O)Oc1ccc(C=COCOc2ccc3c(c2)C(C)c2cc(OC(=O)C=Cc4ccc(OC(=O)OCCCCOC(=O)C=C)cc4)ccc2-3)cc1. The average molecular weight is 847 g/mol. The number of hydrogen-bond acceptors (Lipinski definition) is 14. The van der Waals surface area contributed by atoms with Crippen molar-refractivity contribution < 1.29 is 66.6 Å². The third-order valence-corrected chi connectivity index (χ3v) is 9.05. The molecule has 0 spiro atoms. The van der Waals surface area contributed by atoms with Gasteiger partial charge >= 0.3 is 30.2 Å². The summed E-state index contributed by atoms with van der Waals surface area (Å²) in [4.78, 5) is 58.6. The van der Waals surface area contributed by atoms with Crippen molar-refractivity contribution in [1.82, 2.24) is 0 Å². The van der Waals surface area contributed by atoms with Gasteiger partial charge in [-0.25, -0.2) is 24.0 Å². The van der Waals surface area contributed by atoms with Gasteiger partial charge in [-0.05, 0) is 120 Å². The molecule has 4 aromatic rings. The zero-order valence-electron chi connectivity index (χ0n) is 34.1. The lowest BCUT2D eigenvalue weighted by molar-refractivity contribution is -0.138. The fourth-order valence-corrected chi connectivity index (χ4v) is 5.92. The van der Waals surface area contributed by atoms with E-state index in [-0.39, 0.29) is 44.9 Å². The molecule has 14 nitrogen and oxygen atoms in total. The van der Waals surface area contributed by atoms with Crippen molar-refractivity contribution >= 4 is 42.4 Å². The Morgan fingerprint density at radius 1 is 0.532 bits per heavy atom. The maximum atomic E-state index is 12.7. The van der Waals surface area contributed by atoms with E-state index in [9.17, 15) is 24.0 Å². The molecule has 4 aromatic carbocycles. The summed E-state index contributed by atoms with van der Waals surface area (Å²) >= 11 is 0. The number of carbonyl (C=O) groups excluding carboxylic acids is 5. The van der Waals surface area contributed by atoms with Crippen molar-refractivity contribution in [2.75, 3.05) is 33.2 Å². The quantitative estimate of drug-likeness (QED) is 0.0107. The monoisotopic (exact) mass is 846 g/mol. The highest BCUT2D eigenvalue weighted by Gasteiger charge is 2.26. The summed E-state index contributed by atoms with van der Waals surface area (Å²) in [6.45, 7) is 9.36. The molecule has 1 aliphatic rings. The van der Waals surface area contributed by atoms with Gasteiger partial charge in [0.05, 0.1) is 32.7 Å². The zero-order chi connectivity index (χ0) is 44.1. The van der Waals surface area contributed by atoms with E-state index >= 15 is 0 Å². The molecule has 1 unspecified atom stereocenters. The first-order valence-corrected chi connectivity index (χ1v) is 19.7. The van der Waals surface area contributed by atoms with Crippen molar-refractivity contribution in [3.05, 3.63) is 145 Å². The Kier molecular flexibility index (Phi) is 17.5. The number of ether oxygens (including phenoxy) is 9. The molecule has 0 aliphatic heterocycles. The minimum atomic E-state index is -0.857. The second-order valence-corrected chi connectivity index (χ2v) is 13.4. The predicted molar refractivity (Wildman–Crippen MR) is 227 cm³/mol. The number of esters is 3.